The number of hydrogen-bond acceptors (Lipinski definition) is 2. The first-order chi connectivity index (χ1) is 7.38. The summed E-state index contributed by atoms with van der Waals surface area (Å²) in [5.41, 5.74) is 2.93. The van der Waals surface area contributed by atoms with Crippen molar-refractivity contribution in [3.63, 3.8) is 0 Å². The van der Waals surface area contributed by atoms with E-state index in [1.807, 2.05) is 0 Å². The number of anilines is 1. The Labute approximate surface area is 91.1 Å². The third-order valence-electron chi connectivity index (χ3n) is 3.72. The highest BCUT2D eigenvalue weighted by molar-refractivity contribution is 5.54. The van der Waals surface area contributed by atoms with Gasteiger partial charge in [-0.1, -0.05) is 24.6 Å². The van der Waals surface area contributed by atoms with E-state index in [1.54, 1.807) is 0 Å². The molecule has 0 amide bonds. The summed E-state index contributed by atoms with van der Waals surface area (Å²) in [7, 11) is 0. The minimum Gasteiger partial charge on any atom is -0.367 e. The Morgan fingerprint density at radius 1 is 1.00 bits per heavy atom. The minimum absolute atomic E-state index is 0.201. The molecule has 1 aliphatic heterocycles. The zero-order valence-electron chi connectivity index (χ0n) is 9.05. The molecular formula is C13H18N2. The molecule has 0 aromatic heterocycles. The summed E-state index contributed by atoms with van der Waals surface area (Å²) in [5, 5.41) is 7.38. The number of fused-ring (bicyclic) bond motifs is 1. The van der Waals surface area contributed by atoms with Gasteiger partial charge in [0.1, 0.15) is 0 Å². The van der Waals surface area contributed by atoms with Gasteiger partial charge in [-0.15, -0.1) is 0 Å². The highest BCUT2D eigenvalue weighted by atomic mass is 15.2. The summed E-state index contributed by atoms with van der Waals surface area (Å²) >= 11 is 0. The minimum atomic E-state index is 0.201. The SMILES string of the molecule is c1ccc2c(c1)CNC1(CCCCC1)N2. The molecule has 0 atom stereocenters. The van der Waals surface area contributed by atoms with E-state index in [1.165, 1.54) is 43.4 Å². The van der Waals surface area contributed by atoms with Crippen molar-refractivity contribution >= 4 is 5.69 Å². The van der Waals surface area contributed by atoms with Crippen LogP contribution < -0.4 is 10.6 Å². The molecule has 80 valence electrons. The van der Waals surface area contributed by atoms with Gasteiger partial charge < -0.3 is 5.32 Å². The summed E-state index contributed by atoms with van der Waals surface area (Å²) < 4.78 is 0. The molecule has 0 radical (unpaired) electrons. The van der Waals surface area contributed by atoms with E-state index >= 15 is 0 Å². The van der Waals surface area contributed by atoms with Crippen molar-refractivity contribution in [2.24, 2.45) is 0 Å². The van der Waals surface area contributed by atoms with Gasteiger partial charge in [-0.2, -0.15) is 0 Å². The lowest BCUT2D eigenvalue weighted by Gasteiger charge is -2.43. The van der Waals surface area contributed by atoms with Gasteiger partial charge >= 0.3 is 0 Å². The molecule has 1 spiro atoms. The molecule has 0 bridgehead atoms. The van der Waals surface area contributed by atoms with Crippen LogP contribution in [-0.2, 0) is 6.54 Å². The van der Waals surface area contributed by atoms with E-state index in [9.17, 15) is 0 Å². The van der Waals surface area contributed by atoms with Crippen LogP contribution in [0.5, 0.6) is 0 Å². The Balaban J connectivity index is 1.87. The van der Waals surface area contributed by atoms with Gasteiger partial charge in [-0.25, -0.2) is 0 Å². The van der Waals surface area contributed by atoms with Crippen LogP contribution in [0.3, 0.4) is 0 Å². The van der Waals surface area contributed by atoms with Crippen molar-refractivity contribution in [2.75, 3.05) is 5.32 Å². The van der Waals surface area contributed by atoms with Crippen molar-refractivity contribution < 1.29 is 0 Å². The van der Waals surface area contributed by atoms with E-state index < -0.39 is 0 Å². The zero-order valence-corrected chi connectivity index (χ0v) is 9.05. The van der Waals surface area contributed by atoms with Gasteiger partial charge in [0.05, 0.1) is 5.66 Å². The maximum atomic E-state index is 3.70. The van der Waals surface area contributed by atoms with Gasteiger partial charge in [0, 0.05) is 12.2 Å². The van der Waals surface area contributed by atoms with Gasteiger partial charge in [0.2, 0.25) is 0 Å². The smallest absolute Gasteiger partial charge is 0.0884 e. The monoisotopic (exact) mass is 202 g/mol. The summed E-state index contributed by atoms with van der Waals surface area (Å²) in [6.45, 7) is 1.02. The van der Waals surface area contributed by atoms with Gasteiger partial charge in [-0.3, -0.25) is 5.32 Å². The lowest BCUT2D eigenvalue weighted by atomic mass is 9.86. The van der Waals surface area contributed by atoms with Crippen LogP contribution in [0, 0.1) is 0 Å². The fourth-order valence-corrected chi connectivity index (χ4v) is 2.82. The van der Waals surface area contributed by atoms with Gasteiger partial charge in [-0.05, 0) is 37.3 Å². The predicted molar refractivity (Wildman–Crippen MR) is 62.7 cm³/mol. The third-order valence-corrected chi connectivity index (χ3v) is 3.72. The lowest BCUT2D eigenvalue weighted by Crippen LogP contribution is -2.55. The van der Waals surface area contributed by atoms with E-state index in [2.05, 4.69) is 34.9 Å². The van der Waals surface area contributed by atoms with Crippen molar-refractivity contribution in [3.8, 4) is 0 Å². The number of hydrogen-bond donors (Lipinski definition) is 2. The molecule has 1 heterocycles. The first-order valence-corrected chi connectivity index (χ1v) is 5.99. The molecule has 3 rings (SSSR count). The summed E-state index contributed by atoms with van der Waals surface area (Å²) in [6.07, 6.45) is 6.62. The quantitative estimate of drug-likeness (QED) is 0.676. The Hall–Kier alpha value is -1.02. The molecule has 2 nitrogen and oxygen atoms in total. The first kappa shape index (κ1) is 9.22. The molecule has 0 saturated heterocycles. The number of rotatable bonds is 0. The largest absolute Gasteiger partial charge is 0.367 e. The van der Waals surface area contributed by atoms with E-state index in [0.717, 1.165) is 6.54 Å². The second-order valence-electron chi connectivity index (χ2n) is 4.78. The maximum absolute atomic E-state index is 3.70. The number of benzene rings is 1. The van der Waals surface area contributed by atoms with Crippen molar-refractivity contribution in [2.45, 2.75) is 44.3 Å². The molecule has 1 aromatic carbocycles. The van der Waals surface area contributed by atoms with Crippen LogP contribution in [-0.4, -0.2) is 5.66 Å². The first-order valence-electron chi connectivity index (χ1n) is 5.99. The van der Waals surface area contributed by atoms with E-state index in [0.29, 0.717) is 0 Å². The second kappa shape index (κ2) is 3.53. The standard InChI is InChI=1S/C13H18N2/c1-4-8-13(9-5-1)14-10-11-6-2-3-7-12(11)15-13/h2-3,6-7,14-15H,1,4-5,8-10H2. The highest BCUT2D eigenvalue weighted by Crippen LogP contribution is 2.34. The molecular weight excluding hydrogens is 184 g/mol. The number of para-hydroxylation sites is 1. The molecule has 1 fully saturated rings. The lowest BCUT2D eigenvalue weighted by molar-refractivity contribution is 0.255. The molecule has 2 aliphatic rings. The molecule has 2 N–H and O–H groups in total. The van der Waals surface area contributed by atoms with Crippen LogP contribution >= 0.6 is 0 Å². The van der Waals surface area contributed by atoms with Gasteiger partial charge in [0.15, 0.2) is 0 Å². The van der Waals surface area contributed by atoms with Crippen LogP contribution in [0.4, 0.5) is 5.69 Å². The topological polar surface area (TPSA) is 24.1 Å². The van der Waals surface area contributed by atoms with Gasteiger partial charge in [0.25, 0.3) is 0 Å². The predicted octanol–water partition coefficient (Wildman–Crippen LogP) is 2.86. The molecule has 0 unspecified atom stereocenters. The molecule has 1 saturated carbocycles. The summed E-state index contributed by atoms with van der Waals surface area (Å²) in [4.78, 5) is 0. The Morgan fingerprint density at radius 2 is 1.80 bits per heavy atom. The summed E-state index contributed by atoms with van der Waals surface area (Å²) in [6, 6.07) is 8.63. The van der Waals surface area contributed by atoms with Crippen molar-refractivity contribution in [1.82, 2.24) is 5.32 Å². The van der Waals surface area contributed by atoms with Crippen LogP contribution in [0.25, 0.3) is 0 Å². The van der Waals surface area contributed by atoms with Crippen LogP contribution in [0.2, 0.25) is 0 Å². The molecule has 1 aromatic rings. The number of nitrogens with one attached hydrogen (secondary N) is 2. The van der Waals surface area contributed by atoms with Crippen molar-refractivity contribution in [3.05, 3.63) is 29.8 Å². The highest BCUT2D eigenvalue weighted by Gasteiger charge is 2.34. The summed E-state index contributed by atoms with van der Waals surface area (Å²) in [5.74, 6) is 0. The molecule has 2 heteroatoms. The zero-order chi connectivity index (χ0) is 10.1. The average molecular weight is 202 g/mol. The normalized spacial score (nSPS) is 23.2. The van der Waals surface area contributed by atoms with Crippen LogP contribution in [0.1, 0.15) is 37.7 Å². The maximum Gasteiger partial charge on any atom is 0.0884 e. The Morgan fingerprint density at radius 3 is 2.67 bits per heavy atom. The van der Waals surface area contributed by atoms with E-state index in [-0.39, 0.29) is 5.66 Å². The fraction of sp³-hybridized carbons (Fsp3) is 0.538. The molecule has 1 aliphatic carbocycles. The second-order valence-corrected chi connectivity index (χ2v) is 4.78. The molecule has 15 heavy (non-hydrogen) atoms. The Bertz CT molecular complexity index is 353. The fourth-order valence-electron chi connectivity index (χ4n) is 2.82. The van der Waals surface area contributed by atoms with E-state index in [4.69, 9.17) is 0 Å². The third kappa shape index (κ3) is 1.63. The van der Waals surface area contributed by atoms with Crippen molar-refractivity contribution in [1.29, 1.82) is 0 Å². The average Bonchev–Trinajstić information content (AvgIpc) is 2.30. The Kier molecular flexibility index (Phi) is 2.17. The van der Waals surface area contributed by atoms with Crippen LogP contribution in [0.15, 0.2) is 24.3 Å².